The van der Waals surface area contributed by atoms with Gasteiger partial charge >= 0.3 is 11.9 Å². The van der Waals surface area contributed by atoms with Crippen LogP contribution >= 0.6 is 0 Å². The molecule has 86 valence electrons. The van der Waals surface area contributed by atoms with Crippen molar-refractivity contribution in [3.05, 3.63) is 0 Å². The van der Waals surface area contributed by atoms with Crippen molar-refractivity contribution in [3.8, 4) is 0 Å². The molecule has 0 aliphatic carbocycles. The highest BCUT2D eigenvalue weighted by Crippen LogP contribution is 2.05. The summed E-state index contributed by atoms with van der Waals surface area (Å²) in [5, 5.41) is 10.3. The van der Waals surface area contributed by atoms with E-state index in [1.54, 1.807) is 6.92 Å². The molecule has 0 bridgehead atoms. The van der Waals surface area contributed by atoms with Crippen LogP contribution in [0.15, 0.2) is 0 Å². The maximum Gasteiger partial charge on any atom is 0.309 e. The van der Waals surface area contributed by atoms with E-state index in [4.69, 9.17) is 0 Å². The molecule has 0 heterocycles. The van der Waals surface area contributed by atoms with Gasteiger partial charge in [-0.1, -0.05) is 0 Å². The molecule has 0 aromatic heterocycles. The van der Waals surface area contributed by atoms with Gasteiger partial charge in [-0.25, -0.2) is 0 Å². The van der Waals surface area contributed by atoms with Gasteiger partial charge < -0.3 is 19.4 Å². The first-order valence-corrected chi connectivity index (χ1v) is 4.48. The van der Waals surface area contributed by atoms with Crippen LogP contribution < -0.4 is 5.11 Å². The summed E-state index contributed by atoms with van der Waals surface area (Å²) in [5.41, 5.74) is 0. The minimum absolute atomic E-state index is 0.191. The zero-order chi connectivity index (χ0) is 11.8. The number of ether oxygens (including phenoxy) is 2. The topological polar surface area (TPSA) is 92.7 Å². The quantitative estimate of drug-likeness (QED) is 0.530. The number of hydrogen-bond acceptors (Lipinski definition) is 6. The lowest BCUT2D eigenvalue weighted by Crippen LogP contribution is -2.31. The number of rotatable bonds is 6. The van der Waals surface area contributed by atoms with Crippen molar-refractivity contribution < 1.29 is 29.0 Å². The first-order valence-electron chi connectivity index (χ1n) is 4.48. The van der Waals surface area contributed by atoms with Gasteiger partial charge in [0, 0.05) is 19.3 Å². The molecule has 0 N–H and O–H groups in total. The van der Waals surface area contributed by atoms with Crippen LogP contribution in [0, 0.1) is 0 Å². The number of carbonyl (C=O) groups is 3. The Morgan fingerprint density at radius 3 is 2.27 bits per heavy atom. The number of esters is 2. The smallest absolute Gasteiger partial charge is 0.309 e. The van der Waals surface area contributed by atoms with E-state index in [1.807, 2.05) is 0 Å². The Balaban J connectivity index is 4.16. The van der Waals surface area contributed by atoms with Gasteiger partial charge in [-0.2, -0.15) is 0 Å². The monoisotopic (exact) mass is 217 g/mol. The second-order valence-corrected chi connectivity index (χ2v) is 2.82. The average molecular weight is 217 g/mol. The molecule has 6 heteroatoms. The normalized spacial score (nSPS) is 11.6. The number of hydrogen-bond donors (Lipinski definition) is 0. The maximum atomic E-state index is 11.0. The highest BCUT2D eigenvalue weighted by Gasteiger charge is 2.17. The Hall–Kier alpha value is -1.59. The van der Waals surface area contributed by atoms with E-state index in [2.05, 4.69) is 9.47 Å². The van der Waals surface area contributed by atoms with Crippen molar-refractivity contribution in [2.24, 2.45) is 0 Å². The van der Waals surface area contributed by atoms with Gasteiger partial charge in [0.15, 0.2) is 0 Å². The summed E-state index contributed by atoms with van der Waals surface area (Å²) in [7, 11) is 0. The van der Waals surface area contributed by atoms with Gasteiger partial charge in [0.05, 0.1) is 13.0 Å². The Bertz CT molecular complexity index is 231. The standard InChI is InChI=1S/C9H14O6/c1-3-14-9(13)5-7(4-8(11)12)15-6(2)10/h7H,3-5H2,1-2H3,(H,11,12)/p-1/t7-/m0/s1. The maximum absolute atomic E-state index is 11.0. The van der Waals surface area contributed by atoms with E-state index in [0.717, 1.165) is 6.92 Å². The molecule has 0 saturated carbocycles. The minimum atomic E-state index is -1.38. The van der Waals surface area contributed by atoms with Gasteiger partial charge in [0.1, 0.15) is 6.10 Å². The van der Waals surface area contributed by atoms with E-state index in [9.17, 15) is 19.5 Å². The van der Waals surface area contributed by atoms with E-state index in [0.29, 0.717) is 0 Å². The number of carbonyl (C=O) groups excluding carboxylic acids is 3. The van der Waals surface area contributed by atoms with Crippen LogP contribution in [0.3, 0.4) is 0 Å². The van der Waals surface area contributed by atoms with Crippen molar-refractivity contribution in [2.45, 2.75) is 32.8 Å². The predicted molar refractivity (Wildman–Crippen MR) is 46.4 cm³/mol. The summed E-state index contributed by atoms with van der Waals surface area (Å²) in [6.45, 7) is 2.95. The molecule has 1 atom stereocenters. The third-order valence-corrected chi connectivity index (χ3v) is 1.43. The minimum Gasteiger partial charge on any atom is -0.550 e. The van der Waals surface area contributed by atoms with Crippen LogP contribution in [0.1, 0.15) is 26.7 Å². The fourth-order valence-electron chi connectivity index (χ4n) is 0.982. The van der Waals surface area contributed by atoms with Crippen molar-refractivity contribution in [1.29, 1.82) is 0 Å². The van der Waals surface area contributed by atoms with E-state index < -0.39 is 30.4 Å². The molecule has 0 amide bonds. The molecule has 0 aliphatic heterocycles. The lowest BCUT2D eigenvalue weighted by molar-refractivity contribution is -0.307. The predicted octanol–water partition coefficient (Wildman–Crippen LogP) is -0.989. The van der Waals surface area contributed by atoms with E-state index in [1.165, 1.54) is 0 Å². The second-order valence-electron chi connectivity index (χ2n) is 2.82. The van der Waals surface area contributed by atoms with Gasteiger partial charge in [0.2, 0.25) is 0 Å². The Morgan fingerprint density at radius 1 is 1.27 bits per heavy atom. The van der Waals surface area contributed by atoms with E-state index >= 15 is 0 Å². The SMILES string of the molecule is CCOC(=O)C[C@H](CC(=O)[O-])OC(C)=O. The van der Waals surface area contributed by atoms with Crippen LogP contribution in [0.2, 0.25) is 0 Å². The zero-order valence-corrected chi connectivity index (χ0v) is 8.65. The summed E-state index contributed by atoms with van der Waals surface area (Å²) in [6, 6.07) is 0. The molecule has 0 spiro atoms. The average Bonchev–Trinajstić information content (AvgIpc) is 2.00. The van der Waals surface area contributed by atoms with Crippen molar-refractivity contribution in [1.82, 2.24) is 0 Å². The lowest BCUT2D eigenvalue weighted by atomic mass is 10.2. The molecule has 0 radical (unpaired) electrons. The molecule has 15 heavy (non-hydrogen) atoms. The fourth-order valence-corrected chi connectivity index (χ4v) is 0.982. The third kappa shape index (κ3) is 7.48. The second kappa shape index (κ2) is 6.80. The first kappa shape index (κ1) is 13.4. The molecular formula is C9H13O6-. The van der Waals surface area contributed by atoms with Crippen LogP contribution in [0.4, 0.5) is 0 Å². The summed E-state index contributed by atoms with van der Waals surface area (Å²) in [4.78, 5) is 31.9. The van der Waals surface area contributed by atoms with Gasteiger partial charge in [-0.3, -0.25) is 9.59 Å². The molecule has 6 nitrogen and oxygen atoms in total. The summed E-state index contributed by atoms with van der Waals surface area (Å²) < 4.78 is 9.21. The van der Waals surface area contributed by atoms with Crippen LogP contribution in [0.5, 0.6) is 0 Å². The molecule has 0 saturated heterocycles. The number of aliphatic carboxylic acids is 1. The molecule has 0 fully saturated rings. The molecular weight excluding hydrogens is 204 g/mol. The summed E-state index contributed by atoms with van der Waals surface area (Å²) in [5.74, 6) is -2.64. The molecule has 0 aromatic rings. The van der Waals surface area contributed by atoms with Crippen molar-refractivity contribution in [2.75, 3.05) is 6.61 Å². The Kier molecular flexibility index (Phi) is 6.08. The summed E-state index contributed by atoms with van der Waals surface area (Å²) in [6.07, 6.45) is -1.81. The first-order chi connectivity index (χ1) is 6.95. The van der Waals surface area contributed by atoms with Crippen molar-refractivity contribution in [3.63, 3.8) is 0 Å². The fraction of sp³-hybridized carbons (Fsp3) is 0.667. The van der Waals surface area contributed by atoms with Crippen LogP contribution in [-0.2, 0) is 23.9 Å². The Morgan fingerprint density at radius 2 is 1.87 bits per heavy atom. The Labute approximate surface area is 87.2 Å². The molecule has 0 rings (SSSR count). The molecule has 0 aliphatic rings. The van der Waals surface area contributed by atoms with Crippen LogP contribution in [0.25, 0.3) is 0 Å². The largest absolute Gasteiger partial charge is 0.550 e. The lowest BCUT2D eigenvalue weighted by Gasteiger charge is -2.16. The van der Waals surface area contributed by atoms with Gasteiger partial charge in [0.25, 0.3) is 0 Å². The van der Waals surface area contributed by atoms with E-state index in [-0.39, 0.29) is 13.0 Å². The van der Waals surface area contributed by atoms with Crippen LogP contribution in [-0.4, -0.2) is 30.6 Å². The third-order valence-electron chi connectivity index (χ3n) is 1.43. The highest BCUT2D eigenvalue weighted by molar-refractivity contribution is 5.73. The van der Waals surface area contributed by atoms with Crippen molar-refractivity contribution >= 4 is 17.9 Å². The zero-order valence-electron chi connectivity index (χ0n) is 8.65. The molecule has 0 unspecified atom stereocenters. The highest BCUT2D eigenvalue weighted by atomic mass is 16.6. The molecule has 0 aromatic carbocycles. The number of carboxylic acid groups (broad SMARTS) is 1. The summed E-state index contributed by atoms with van der Waals surface area (Å²) >= 11 is 0. The van der Waals surface area contributed by atoms with Gasteiger partial charge in [-0.15, -0.1) is 0 Å². The number of carboxylic acids is 1. The van der Waals surface area contributed by atoms with Gasteiger partial charge in [-0.05, 0) is 6.92 Å².